The van der Waals surface area contributed by atoms with Crippen LogP contribution in [0.15, 0.2) is 0 Å². The van der Waals surface area contributed by atoms with Crippen LogP contribution >= 0.6 is 0 Å². The highest BCUT2D eigenvalue weighted by Crippen LogP contribution is 2.34. The molecule has 106 valence electrons. The van der Waals surface area contributed by atoms with Gasteiger partial charge in [-0.3, -0.25) is 0 Å². The van der Waals surface area contributed by atoms with Crippen molar-refractivity contribution in [2.75, 3.05) is 19.6 Å². The number of rotatable bonds is 7. The fraction of sp³-hybridized carbons (Fsp3) is 0.929. The molecule has 1 aliphatic carbocycles. The average molecular weight is 255 g/mol. The third-order valence-electron chi connectivity index (χ3n) is 3.99. The molecule has 0 aromatic heterocycles. The van der Waals surface area contributed by atoms with E-state index in [1.807, 2.05) is 4.90 Å². The van der Waals surface area contributed by atoms with Crippen LogP contribution in [0.25, 0.3) is 0 Å². The minimum atomic E-state index is -0.0771. The number of carbonyl (C=O) groups excluding carboxylic acids is 1. The van der Waals surface area contributed by atoms with Crippen LogP contribution in [0, 0.1) is 0 Å². The minimum absolute atomic E-state index is 0.0771. The molecule has 0 spiro atoms. The lowest BCUT2D eigenvalue weighted by molar-refractivity contribution is 0.119. The zero-order chi connectivity index (χ0) is 13.4. The highest BCUT2D eigenvalue weighted by atomic mass is 16.2. The van der Waals surface area contributed by atoms with E-state index in [0.29, 0.717) is 6.54 Å². The summed E-state index contributed by atoms with van der Waals surface area (Å²) in [5.74, 6) is 0. The highest BCUT2D eigenvalue weighted by Gasteiger charge is 2.40. The maximum atomic E-state index is 12.3. The van der Waals surface area contributed by atoms with Gasteiger partial charge in [0.05, 0.1) is 5.54 Å². The molecule has 18 heavy (non-hydrogen) atoms. The second kappa shape index (κ2) is 7.62. The number of nitrogens with zero attached hydrogens (tertiary/aromatic N) is 1. The molecule has 0 unspecified atom stereocenters. The quantitative estimate of drug-likeness (QED) is 0.687. The predicted molar refractivity (Wildman–Crippen MR) is 75.6 cm³/mol. The minimum Gasteiger partial charge on any atom is -0.338 e. The van der Waals surface area contributed by atoms with Crippen LogP contribution in [0.2, 0.25) is 0 Å². The Morgan fingerprint density at radius 2 is 1.94 bits per heavy atom. The molecule has 4 heteroatoms. The van der Waals surface area contributed by atoms with E-state index in [1.54, 1.807) is 0 Å². The normalized spacial score (nSPS) is 17.7. The number of unbranched alkanes of at least 4 members (excludes halogenated alkanes) is 1. The molecule has 0 radical (unpaired) electrons. The highest BCUT2D eigenvalue weighted by molar-refractivity contribution is 5.75. The second-order valence-corrected chi connectivity index (χ2v) is 5.37. The third-order valence-corrected chi connectivity index (χ3v) is 3.99. The topological polar surface area (TPSA) is 58.4 Å². The van der Waals surface area contributed by atoms with Gasteiger partial charge in [-0.25, -0.2) is 4.79 Å². The van der Waals surface area contributed by atoms with Crippen molar-refractivity contribution in [1.29, 1.82) is 0 Å². The Bertz CT molecular complexity index is 249. The van der Waals surface area contributed by atoms with Gasteiger partial charge in [-0.1, -0.05) is 33.1 Å². The predicted octanol–water partition coefficient (Wildman–Crippen LogP) is 2.48. The Kier molecular flexibility index (Phi) is 6.47. The van der Waals surface area contributed by atoms with E-state index in [9.17, 15) is 4.79 Å². The number of carbonyl (C=O) groups is 1. The van der Waals surface area contributed by atoms with Crippen molar-refractivity contribution in [3.8, 4) is 0 Å². The molecule has 1 rings (SSSR count). The van der Waals surface area contributed by atoms with Crippen LogP contribution in [0.3, 0.4) is 0 Å². The van der Waals surface area contributed by atoms with Crippen molar-refractivity contribution in [3.05, 3.63) is 0 Å². The molecule has 0 bridgehead atoms. The van der Waals surface area contributed by atoms with Crippen LogP contribution in [0.1, 0.15) is 58.8 Å². The van der Waals surface area contributed by atoms with Crippen molar-refractivity contribution in [2.24, 2.45) is 5.73 Å². The lowest BCUT2D eigenvalue weighted by atomic mass is 9.95. The fourth-order valence-corrected chi connectivity index (χ4v) is 2.86. The Balaban J connectivity index is 2.64. The Hall–Kier alpha value is -0.770. The lowest BCUT2D eigenvalue weighted by Gasteiger charge is -2.40. The largest absolute Gasteiger partial charge is 0.338 e. The second-order valence-electron chi connectivity index (χ2n) is 5.37. The molecule has 2 amide bonds. The number of urea groups is 1. The Morgan fingerprint density at radius 3 is 2.44 bits per heavy atom. The van der Waals surface area contributed by atoms with Crippen molar-refractivity contribution < 1.29 is 4.79 Å². The van der Waals surface area contributed by atoms with E-state index in [1.165, 1.54) is 12.8 Å². The summed E-state index contributed by atoms with van der Waals surface area (Å²) in [6.07, 6.45) is 7.65. The van der Waals surface area contributed by atoms with Gasteiger partial charge in [0.25, 0.3) is 0 Å². The van der Waals surface area contributed by atoms with E-state index in [4.69, 9.17) is 5.73 Å². The summed E-state index contributed by atoms with van der Waals surface area (Å²) in [6.45, 7) is 6.43. The summed E-state index contributed by atoms with van der Waals surface area (Å²) in [5.41, 5.74) is 5.89. The standard InChI is InChI=1S/C14H29N3O/c1-3-5-10-16-13(18)17(11-4-2)14(12-15)8-6-7-9-14/h3-12,15H2,1-2H3,(H,16,18). The number of hydrogen-bond acceptors (Lipinski definition) is 2. The molecular formula is C14H29N3O. The first-order chi connectivity index (χ1) is 8.70. The lowest BCUT2D eigenvalue weighted by Crippen LogP contribution is -2.57. The molecule has 1 fully saturated rings. The zero-order valence-corrected chi connectivity index (χ0v) is 12.0. The first-order valence-electron chi connectivity index (χ1n) is 7.45. The Labute approximate surface area is 111 Å². The van der Waals surface area contributed by atoms with Gasteiger partial charge in [0.2, 0.25) is 0 Å². The van der Waals surface area contributed by atoms with E-state index in [2.05, 4.69) is 19.2 Å². The van der Waals surface area contributed by atoms with Gasteiger partial charge in [0, 0.05) is 19.6 Å². The summed E-state index contributed by atoms with van der Waals surface area (Å²) in [7, 11) is 0. The molecular weight excluding hydrogens is 226 g/mol. The van der Waals surface area contributed by atoms with Gasteiger partial charge < -0.3 is 16.0 Å². The van der Waals surface area contributed by atoms with Gasteiger partial charge in [0.15, 0.2) is 0 Å². The molecule has 0 aliphatic heterocycles. The summed E-state index contributed by atoms with van der Waals surface area (Å²) in [6, 6.07) is 0.0812. The van der Waals surface area contributed by atoms with Gasteiger partial charge in [-0.05, 0) is 25.7 Å². The van der Waals surface area contributed by atoms with Gasteiger partial charge >= 0.3 is 6.03 Å². The van der Waals surface area contributed by atoms with Crippen LogP contribution in [0.4, 0.5) is 4.79 Å². The molecule has 4 nitrogen and oxygen atoms in total. The Morgan fingerprint density at radius 1 is 1.28 bits per heavy atom. The van der Waals surface area contributed by atoms with E-state index in [-0.39, 0.29) is 11.6 Å². The van der Waals surface area contributed by atoms with Crippen LogP contribution in [0.5, 0.6) is 0 Å². The number of nitrogens with two attached hydrogens (primary N) is 1. The first-order valence-corrected chi connectivity index (χ1v) is 7.45. The smallest absolute Gasteiger partial charge is 0.317 e. The first kappa shape index (κ1) is 15.3. The molecule has 0 aromatic rings. The van der Waals surface area contributed by atoms with E-state index < -0.39 is 0 Å². The number of amides is 2. The monoisotopic (exact) mass is 255 g/mol. The van der Waals surface area contributed by atoms with Gasteiger partial charge in [-0.15, -0.1) is 0 Å². The van der Waals surface area contributed by atoms with Crippen molar-refractivity contribution >= 4 is 6.03 Å². The molecule has 0 saturated heterocycles. The molecule has 0 aromatic carbocycles. The third kappa shape index (κ3) is 3.61. The van der Waals surface area contributed by atoms with Crippen LogP contribution < -0.4 is 11.1 Å². The van der Waals surface area contributed by atoms with Gasteiger partial charge in [0.1, 0.15) is 0 Å². The zero-order valence-electron chi connectivity index (χ0n) is 12.0. The summed E-state index contributed by atoms with van der Waals surface area (Å²) >= 11 is 0. The van der Waals surface area contributed by atoms with Crippen LogP contribution in [-0.2, 0) is 0 Å². The number of nitrogens with one attached hydrogen (secondary N) is 1. The van der Waals surface area contributed by atoms with Crippen molar-refractivity contribution in [3.63, 3.8) is 0 Å². The maximum Gasteiger partial charge on any atom is 0.317 e. The average Bonchev–Trinajstić information content (AvgIpc) is 2.86. The van der Waals surface area contributed by atoms with Crippen molar-refractivity contribution in [1.82, 2.24) is 10.2 Å². The van der Waals surface area contributed by atoms with E-state index in [0.717, 1.165) is 45.2 Å². The number of hydrogen-bond donors (Lipinski definition) is 2. The molecule has 0 heterocycles. The fourth-order valence-electron chi connectivity index (χ4n) is 2.86. The molecule has 0 atom stereocenters. The molecule has 1 aliphatic rings. The SMILES string of the molecule is CCCCNC(=O)N(CCC)C1(CN)CCCC1. The molecule has 1 saturated carbocycles. The summed E-state index contributed by atoms with van der Waals surface area (Å²) in [5, 5.41) is 3.04. The van der Waals surface area contributed by atoms with Crippen molar-refractivity contribution in [2.45, 2.75) is 64.3 Å². The molecule has 3 N–H and O–H groups in total. The van der Waals surface area contributed by atoms with Gasteiger partial charge in [-0.2, -0.15) is 0 Å². The van der Waals surface area contributed by atoms with Crippen LogP contribution in [-0.4, -0.2) is 36.1 Å². The summed E-state index contributed by atoms with van der Waals surface area (Å²) in [4.78, 5) is 14.3. The van der Waals surface area contributed by atoms with E-state index >= 15 is 0 Å². The maximum absolute atomic E-state index is 12.3. The summed E-state index contributed by atoms with van der Waals surface area (Å²) < 4.78 is 0.